The molecule has 0 saturated carbocycles. The first-order valence-corrected chi connectivity index (χ1v) is 6.54. The maximum atomic E-state index is 13.2. The van der Waals surface area contributed by atoms with Crippen molar-refractivity contribution < 1.29 is 8.78 Å². The number of hydrogen-bond acceptors (Lipinski definition) is 2. The predicted octanol–water partition coefficient (Wildman–Crippen LogP) is 3.19. The van der Waals surface area contributed by atoms with E-state index in [1.165, 1.54) is 0 Å². The summed E-state index contributed by atoms with van der Waals surface area (Å²) in [4.78, 5) is 6.57. The van der Waals surface area contributed by atoms with Crippen LogP contribution in [0.4, 0.5) is 14.6 Å². The Morgan fingerprint density at radius 2 is 1.89 bits per heavy atom. The summed E-state index contributed by atoms with van der Waals surface area (Å²) in [5.74, 6) is -1.71. The Morgan fingerprint density at radius 1 is 1.21 bits per heavy atom. The molecule has 0 unspecified atom stereocenters. The van der Waals surface area contributed by atoms with Crippen molar-refractivity contribution in [3.63, 3.8) is 0 Å². The average Bonchev–Trinajstić information content (AvgIpc) is 2.72. The van der Waals surface area contributed by atoms with Gasteiger partial charge in [0.15, 0.2) is 0 Å². The lowest BCUT2D eigenvalue weighted by Crippen LogP contribution is -2.39. The molecule has 0 amide bonds. The van der Waals surface area contributed by atoms with E-state index < -0.39 is 5.92 Å². The van der Waals surface area contributed by atoms with E-state index in [1.807, 2.05) is 41.5 Å². The molecule has 1 aliphatic heterocycles. The number of alkyl halides is 2. The Hall–Kier alpha value is -1.65. The second-order valence-electron chi connectivity index (χ2n) is 5.29. The normalized spacial score (nSPS) is 19.1. The van der Waals surface area contributed by atoms with Gasteiger partial charge in [-0.15, -0.1) is 0 Å². The summed E-state index contributed by atoms with van der Waals surface area (Å²) in [6, 6.07) is 3.99. The zero-order valence-electron chi connectivity index (χ0n) is 11.2. The minimum absolute atomic E-state index is 0.0844. The molecule has 1 saturated heterocycles. The van der Waals surface area contributed by atoms with E-state index in [-0.39, 0.29) is 12.8 Å². The Bertz CT molecular complexity index is 608. The van der Waals surface area contributed by atoms with Crippen LogP contribution in [0.1, 0.15) is 24.1 Å². The van der Waals surface area contributed by atoms with Crippen molar-refractivity contribution in [2.24, 2.45) is 0 Å². The van der Waals surface area contributed by atoms with Gasteiger partial charge in [-0.05, 0) is 25.5 Å². The maximum absolute atomic E-state index is 13.2. The molecule has 0 aliphatic carbocycles. The summed E-state index contributed by atoms with van der Waals surface area (Å²) in [6.45, 7) is 4.76. The summed E-state index contributed by atoms with van der Waals surface area (Å²) in [6.07, 6.45) is 1.82. The summed E-state index contributed by atoms with van der Waals surface area (Å²) in [5.41, 5.74) is 3.09. The molecule has 102 valence electrons. The molecular formula is C14H17F2N3. The lowest BCUT2D eigenvalue weighted by atomic mass is 10.1. The van der Waals surface area contributed by atoms with Crippen molar-refractivity contribution in [3.8, 4) is 0 Å². The second-order valence-corrected chi connectivity index (χ2v) is 5.29. The Kier molecular flexibility index (Phi) is 2.73. The Morgan fingerprint density at radius 3 is 2.58 bits per heavy atom. The highest BCUT2D eigenvalue weighted by molar-refractivity contribution is 5.55. The van der Waals surface area contributed by atoms with Crippen LogP contribution in [0.3, 0.4) is 0 Å². The molecule has 19 heavy (non-hydrogen) atoms. The number of nitrogens with zero attached hydrogens (tertiary/aromatic N) is 3. The number of halogens is 2. The van der Waals surface area contributed by atoms with E-state index in [0.29, 0.717) is 13.1 Å². The first-order valence-electron chi connectivity index (χ1n) is 6.54. The van der Waals surface area contributed by atoms with Crippen molar-refractivity contribution >= 4 is 11.5 Å². The molecule has 3 heterocycles. The lowest BCUT2D eigenvalue weighted by molar-refractivity contribution is -0.0221. The molecule has 0 N–H and O–H groups in total. The lowest BCUT2D eigenvalue weighted by Gasteiger charge is -2.32. The monoisotopic (exact) mass is 265 g/mol. The Labute approximate surface area is 110 Å². The summed E-state index contributed by atoms with van der Waals surface area (Å²) >= 11 is 0. The van der Waals surface area contributed by atoms with E-state index in [1.54, 1.807) is 0 Å². The van der Waals surface area contributed by atoms with Crippen molar-refractivity contribution in [2.45, 2.75) is 32.6 Å². The molecule has 0 radical (unpaired) electrons. The molecule has 0 aromatic carbocycles. The molecule has 0 atom stereocenters. The van der Waals surface area contributed by atoms with Gasteiger partial charge in [0, 0.05) is 43.9 Å². The number of fused-ring (bicyclic) bond motifs is 1. The fourth-order valence-corrected chi connectivity index (χ4v) is 2.57. The maximum Gasteiger partial charge on any atom is 0.251 e. The molecule has 3 nitrogen and oxygen atoms in total. The van der Waals surface area contributed by atoms with Gasteiger partial charge >= 0.3 is 0 Å². The number of rotatable bonds is 1. The van der Waals surface area contributed by atoms with Gasteiger partial charge in [-0.2, -0.15) is 0 Å². The van der Waals surface area contributed by atoms with Gasteiger partial charge in [-0.1, -0.05) is 0 Å². The smallest absolute Gasteiger partial charge is 0.251 e. The molecule has 1 fully saturated rings. The first-order chi connectivity index (χ1) is 8.96. The van der Waals surface area contributed by atoms with Gasteiger partial charge in [-0.3, -0.25) is 0 Å². The van der Waals surface area contributed by atoms with Gasteiger partial charge in [0.25, 0.3) is 5.92 Å². The summed E-state index contributed by atoms with van der Waals surface area (Å²) in [5, 5.41) is 0. The third-order valence-corrected chi connectivity index (χ3v) is 3.81. The van der Waals surface area contributed by atoms with Crippen LogP contribution in [0.15, 0.2) is 18.3 Å². The quantitative estimate of drug-likeness (QED) is 0.789. The van der Waals surface area contributed by atoms with E-state index in [9.17, 15) is 8.78 Å². The topological polar surface area (TPSA) is 20.5 Å². The van der Waals surface area contributed by atoms with Crippen LogP contribution in [0.2, 0.25) is 0 Å². The first kappa shape index (κ1) is 12.4. The molecule has 2 aromatic heterocycles. The van der Waals surface area contributed by atoms with Crippen LogP contribution in [-0.4, -0.2) is 28.4 Å². The summed E-state index contributed by atoms with van der Waals surface area (Å²) < 4.78 is 28.4. The van der Waals surface area contributed by atoms with Gasteiger partial charge in [0.1, 0.15) is 11.5 Å². The van der Waals surface area contributed by atoms with Crippen LogP contribution in [0.25, 0.3) is 5.65 Å². The highest BCUT2D eigenvalue weighted by Gasteiger charge is 2.34. The van der Waals surface area contributed by atoms with Gasteiger partial charge in [0.05, 0.1) is 0 Å². The Balaban J connectivity index is 1.95. The number of aryl methyl sites for hydroxylation is 2. The van der Waals surface area contributed by atoms with Gasteiger partial charge < -0.3 is 9.30 Å². The molecule has 5 heteroatoms. The molecule has 3 rings (SSSR count). The highest BCUT2D eigenvalue weighted by atomic mass is 19.3. The standard InChI is InChI=1S/C14H17F2N3/c1-10-3-6-19-11(2)9-12(17-13(10)19)18-7-4-14(15,16)5-8-18/h3,6,9H,4-5,7-8H2,1-2H3. The SMILES string of the molecule is Cc1ccn2c(C)cc(N3CCC(F)(F)CC3)nc12. The van der Waals surface area contributed by atoms with Crippen LogP contribution in [0, 0.1) is 13.8 Å². The van der Waals surface area contributed by atoms with E-state index >= 15 is 0 Å². The van der Waals surface area contributed by atoms with E-state index in [0.717, 1.165) is 22.7 Å². The highest BCUT2D eigenvalue weighted by Crippen LogP contribution is 2.30. The third-order valence-electron chi connectivity index (χ3n) is 3.81. The van der Waals surface area contributed by atoms with Crippen LogP contribution < -0.4 is 4.90 Å². The minimum Gasteiger partial charge on any atom is -0.356 e. The molecule has 2 aromatic rings. The molecular weight excluding hydrogens is 248 g/mol. The largest absolute Gasteiger partial charge is 0.356 e. The number of hydrogen-bond donors (Lipinski definition) is 0. The van der Waals surface area contributed by atoms with Crippen molar-refractivity contribution in [3.05, 3.63) is 29.6 Å². The second kappa shape index (κ2) is 4.18. The summed E-state index contributed by atoms with van der Waals surface area (Å²) in [7, 11) is 0. The number of anilines is 1. The minimum atomic E-state index is -2.51. The van der Waals surface area contributed by atoms with E-state index in [4.69, 9.17) is 0 Å². The fraction of sp³-hybridized carbons (Fsp3) is 0.500. The van der Waals surface area contributed by atoms with Crippen molar-refractivity contribution in [1.29, 1.82) is 0 Å². The van der Waals surface area contributed by atoms with Crippen molar-refractivity contribution in [1.82, 2.24) is 9.38 Å². The van der Waals surface area contributed by atoms with Gasteiger partial charge in [-0.25, -0.2) is 13.8 Å². The zero-order valence-corrected chi connectivity index (χ0v) is 11.2. The van der Waals surface area contributed by atoms with Crippen molar-refractivity contribution in [2.75, 3.05) is 18.0 Å². The van der Waals surface area contributed by atoms with Crippen LogP contribution >= 0.6 is 0 Å². The fourth-order valence-electron chi connectivity index (χ4n) is 2.57. The number of piperidine rings is 1. The molecule has 0 bridgehead atoms. The number of aromatic nitrogens is 2. The van der Waals surface area contributed by atoms with Gasteiger partial charge in [0.2, 0.25) is 0 Å². The zero-order chi connectivity index (χ0) is 13.6. The van der Waals surface area contributed by atoms with Crippen LogP contribution in [0.5, 0.6) is 0 Å². The molecule has 1 aliphatic rings. The predicted molar refractivity (Wildman–Crippen MR) is 71.1 cm³/mol. The van der Waals surface area contributed by atoms with E-state index in [2.05, 4.69) is 4.98 Å². The third kappa shape index (κ3) is 2.17. The molecule has 0 spiro atoms. The van der Waals surface area contributed by atoms with Crippen LogP contribution in [-0.2, 0) is 0 Å². The average molecular weight is 265 g/mol.